The number of rotatable bonds is 6. The molecule has 0 aliphatic carbocycles. The minimum Gasteiger partial charge on any atom is -0.480 e. The molecule has 7 heteroatoms. The van der Waals surface area contributed by atoms with Crippen molar-refractivity contribution in [3.05, 3.63) is 63.7 Å². The smallest absolute Gasteiger partial charge is 0.322 e. The van der Waals surface area contributed by atoms with Gasteiger partial charge in [0, 0.05) is 10.6 Å². The number of hydrogen-bond acceptors (Lipinski definition) is 3. The van der Waals surface area contributed by atoms with Gasteiger partial charge >= 0.3 is 5.97 Å². The average Bonchev–Trinajstić information content (AvgIpc) is 2.54. The lowest BCUT2D eigenvalue weighted by molar-refractivity contribution is -0.141. The fourth-order valence-corrected chi connectivity index (χ4v) is 3.83. The van der Waals surface area contributed by atoms with Crippen molar-refractivity contribution in [2.45, 2.75) is 17.4 Å². The molecule has 0 fully saturated rings. The molecule has 2 rings (SSSR count). The molecule has 5 nitrogen and oxygen atoms in total. The van der Waals surface area contributed by atoms with Crippen molar-refractivity contribution < 1.29 is 18.3 Å². The zero-order chi connectivity index (χ0) is 17.0. The highest BCUT2D eigenvalue weighted by atomic mass is 127. The molecule has 0 amide bonds. The van der Waals surface area contributed by atoms with E-state index in [1.54, 1.807) is 30.3 Å². The number of carboxylic acid groups (broad SMARTS) is 1. The zero-order valence-electron chi connectivity index (χ0n) is 12.4. The van der Waals surface area contributed by atoms with Crippen LogP contribution in [-0.2, 0) is 21.2 Å². The maximum atomic E-state index is 12.6. The van der Waals surface area contributed by atoms with E-state index in [0.717, 1.165) is 13.4 Å². The van der Waals surface area contributed by atoms with E-state index in [9.17, 15) is 18.3 Å². The lowest BCUT2D eigenvalue weighted by Gasteiger charge is -2.24. The van der Waals surface area contributed by atoms with Gasteiger partial charge in [0.25, 0.3) is 0 Å². The van der Waals surface area contributed by atoms with Gasteiger partial charge in [0.2, 0.25) is 10.0 Å². The maximum Gasteiger partial charge on any atom is 0.322 e. The minimum absolute atomic E-state index is 0.0800. The molecule has 0 saturated heterocycles. The summed E-state index contributed by atoms with van der Waals surface area (Å²) in [4.78, 5) is 11.7. The van der Waals surface area contributed by atoms with Gasteiger partial charge in [-0.15, -0.1) is 0 Å². The van der Waals surface area contributed by atoms with Crippen molar-refractivity contribution in [3.63, 3.8) is 0 Å². The number of sulfonamides is 1. The number of aliphatic carboxylic acids is 1. The number of likely N-dealkylation sites (N-methyl/N-ethyl adjacent to an activating group) is 1. The van der Waals surface area contributed by atoms with E-state index in [4.69, 9.17) is 0 Å². The molecule has 0 radical (unpaired) electrons. The van der Waals surface area contributed by atoms with Crippen molar-refractivity contribution in [2.24, 2.45) is 0 Å². The molecule has 2 aromatic rings. The Morgan fingerprint density at radius 1 is 1.13 bits per heavy atom. The van der Waals surface area contributed by atoms with Crippen molar-refractivity contribution in [2.75, 3.05) is 7.05 Å². The monoisotopic (exact) mass is 445 g/mol. The van der Waals surface area contributed by atoms with Crippen molar-refractivity contribution in [1.82, 2.24) is 4.31 Å². The Bertz CT molecular complexity index is 775. The molecule has 1 N–H and O–H groups in total. The van der Waals surface area contributed by atoms with Gasteiger partial charge in [0.1, 0.15) is 6.04 Å². The fraction of sp³-hybridized carbons (Fsp3) is 0.188. The van der Waals surface area contributed by atoms with Gasteiger partial charge in [0.05, 0.1) is 4.90 Å². The molecule has 0 aliphatic heterocycles. The molecule has 0 aromatic heterocycles. The van der Waals surface area contributed by atoms with Crippen molar-refractivity contribution in [1.29, 1.82) is 0 Å². The van der Waals surface area contributed by atoms with E-state index in [1.165, 1.54) is 19.2 Å². The third-order valence-corrected chi connectivity index (χ3v) is 6.09. The van der Waals surface area contributed by atoms with Crippen LogP contribution in [0.1, 0.15) is 5.56 Å². The second kappa shape index (κ2) is 7.41. The van der Waals surface area contributed by atoms with Crippen LogP contribution >= 0.6 is 22.6 Å². The first-order valence-corrected chi connectivity index (χ1v) is 9.34. The predicted molar refractivity (Wildman–Crippen MR) is 95.7 cm³/mol. The lowest BCUT2D eigenvalue weighted by Crippen LogP contribution is -2.43. The van der Waals surface area contributed by atoms with Gasteiger partial charge in [-0.3, -0.25) is 4.79 Å². The first kappa shape index (κ1) is 17.9. The molecule has 1 atom stereocenters. The molecule has 0 bridgehead atoms. The maximum absolute atomic E-state index is 12.6. The van der Waals surface area contributed by atoms with E-state index in [-0.39, 0.29) is 11.3 Å². The average molecular weight is 445 g/mol. The fourth-order valence-electron chi connectivity index (χ4n) is 2.14. The van der Waals surface area contributed by atoms with Gasteiger partial charge in [-0.2, -0.15) is 4.31 Å². The van der Waals surface area contributed by atoms with E-state index in [1.807, 2.05) is 12.1 Å². The predicted octanol–water partition coefficient (Wildman–Crippen LogP) is 2.61. The summed E-state index contributed by atoms with van der Waals surface area (Å²) in [5.74, 6) is -1.18. The highest BCUT2D eigenvalue weighted by Crippen LogP contribution is 2.19. The third kappa shape index (κ3) is 4.30. The molecule has 2 aromatic carbocycles. The summed E-state index contributed by atoms with van der Waals surface area (Å²) in [5.41, 5.74) is 0.771. The van der Waals surface area contributed by atoms with Crippen LogP contribution in [0.3, 0.4) is 0 Å². The Hall–Kier alpha value is -1.45. The summed E-state index contributed by atoms with van der Waals surface area (Å²) in [7, 11) is -2.56. The number of carboxylic acids is 1. The summed E-state index contributed by atoms with van der Waals surface area (Å²) in [6.45, 7) is 0. The lowest BCUT2D eigenvalue weighted by atomic mass is 10.1. The molecule has 23 heavy (non-hydrogen) atoms. The Balaban J connectivity index is 2.30. The normalized spacial score (nSPS) is 13.0. The van der Waals surface area contributed by atoms with Crippen LogP contribution in [0.2, 0.25) is 0 Å². The van der Waals surface area contributed by atoms with Crippen LogP contribution in [0.5, 0.6) is 0 Å². The Morgan fingerprint density at radius 2 is 1.70 bits per heavy atom. The van der Waals surface area contributed by atoms with Crippen LogP contribution in [0.4, 0.5) is 0 Å². The Morgan fingerprint density at radius 3 is 2.22 bits per heavy atom. The first-order valence-electron chi connectivity index (χ1n) is 6.82. The van der Waals surface area contributed by atoms with Gasteiger partial charge in [-0.1, -0.05) is 30.3 Å². The molecule has 1 unspecified atom stereocenters. The number of hydrogen-bond donors (Lipinski definition) is 1. The second-order valence-electron chi connectivity index (χ2n) is 5.02. The van der Waals surface area contributed by atoms with E-state index >= 15 is 0 Å². The number of benzene rings is 2. The topological polar surface area (TPSA) is 74.7 Å². The molecule has 0 aliphatic rings. The molecule has 0 spiro atoms. The van der Waals surface area contributed by atoms with Crippen LogP contribution in [-0.4, -0.2) is 36.9 Å². The van der Waals surface area contributed by atoms with E-state index in [2.05, 4.69) is 22.6 Å². The largest absolute Gasteiger partial charge is 0.480 e. The van der Waals surface area contributed by atoms with Gasteiger partial charge in [0.15, 0.2) is 0 Å². The van der Waals surface area contributed by atoms with Gasteiger partial charge < -0.3 is 5.11 Å². The van der Waals surface area contributed by atoms with E-state index < -0.39 is 22.0 Å². The number of carbonyl (C=O) groups is 1. The number of halogens is 1. The standard InChI is InChI=1S/C16H16INO4S/c1-18(23(21,22)14-5-3-2-4-6-14)15(16(19)20)11-12-7-9-13(17)10-8-12/h2-10,15H,11H2,1H3,(H,19,20). The molecule has 0 saturated carbocycles. The minimum atomic E-state index is -3.86. The summed E-state index contributed by atoms with van der Waals surface area (Å²) in [5, 5.41) is 9.46. The summed E-state index contributed by atoms with van der Waals surface area (Å²) in [6, 6.07) is 14.0. The first-order chi connectivity index (χ1) is 10.8. The summed E-state index contributed by atoms with van der Waals surface area (Å²) < 4.78 is 27.1. The molecular weight excluding hydrogens is 429 g/mol. The Kier molecular flexibility index (Phi) is 5.77. The highest BCUT2D eigenvalue weighted by Gasteiger charge is 2.32. The van der Waals surface area contributed by atoms with Crippen LogP contribution in [0.15, 0.2) is 59.5 Å². The molecule has 0 heterocycles. The highest BCUT2D eigenvalue weighted by molar-refractivity contribution is 14.1. The second-order valence-corrected chi connectivity index (χ2v) is 8.26. The Labute approximate surface area is 149 Å². The molecular formula is C16H16INO4S. The SMILES string of the molecule is CN(C(Cc1ccc(I)cc1)C(=O)O)S(=O)(=O)c1ccccc1. The quantitative estimate of drug-likeness (QED) is 0.694. The summed E-state index contributed by atoms with van der Waals surface area (Å²) >= 11 is 2.15. The number of nitrogens with zero attached hydrogens (tertiary/aromatic N) is 1. The van der Waals surface area contributed by atoms with E-state index in [0.29, 0.717) is 0 Å². The van der Waals surface area contributed by atoms with Crippen molar-refractivity contribution >= 4 is 38.6 Å². The van der Waals surface area contributed by atoms with Crippen molar-refractivity contribution in [3.8, 4) is 0 Å². The van der Waals surface area contributed by atoms with Gasteiger partial charge in [-0.05, 0) is 58.8 Å². The van der Waals surface area contributed by atoms with Crippen LogP contribution in [0, 0.1) is 3.57 Å². The third-order valence-electron chi connectivity index (χ3n) is 3.49. The van der Waals surface area contributed by atoms with Gasteiger partial charge in [-0.25, -0.2) is 8.42 Å². The summed E-state index contributed by atoms with van der Waals surface area (Å²) in [6.07, 6.45) is 0.106. The molecule has 122 valence electrons. The van der Waals surface area contributed by atoms with Crippen LogP contribution < -0.4 is 0 Å². The zero-order valence-corrected chi connectivity index (χ0v) is 15.4. The van der Waals surface area contributed by atoms with Crippen LogP contribution in [0.25, 0.3) is 0 Å².